The summed E-state index contributed by atoms with van der Waals surface area (Å²) < 4.78 is 5.20. The molecule has 0 amide bonds. The zero-order valence-electron chi connectivity index (χ0n) is 11.4. The Hall–Kier alpha value is -2.62. The molecule has 2 N–H and O–H groups in total. The molecule has 0 spiro atoms. The molecule has 0 aliphatic carbocycles. The maximum absolute atomic E-state index is 6.06. The van der Waals surface area contributed by atoms with Crippen LogP contribution in [-0.2, 0) is 0 Å². The second kappa shape index (κ2) is 4.81. The SMILES string of the molecule is COc1ccc2nc(-c3ccccc3C)nc(N)c2c1. The van der Waals surface area contributed by atoms with E-state index >= 15 is 0 Å². The molecule has 0 bridgehead atoms. The van der Waals surface area contributed by atoms with Crippen molar-refractivity contribution in [3.63, 3.8) is 0 Å². The van der Waals surface area contributed by atoms with Gasteiger partial charge in [0.2, 0.25) is 0 Å². The Morgan fingerprint density at radius 3 is 2.60 bits per heavy atom. The zero-order valence-corrected chi connectivity index (χ0v) is 11.4. The Morgan fingerprint density at radius 1 is 1.05 bits per heavy atom. The molecule has 0 aliphatic rings. The van der Waals surface area contributed by atoms with Crippen LogP contribution in [0.25, 0.3) is 22.3 Å². The predicted molar refractivity (Wildman–Crippen MR) is 80.7 cm³/mol. The molecule has 100 valence electrons. The third-order valence-corrected chi connectivity index (χ3v) is 3.32. The van der Waals surface area contributed by atoms with Crippen LogP contribution in [-0.4, -0.2) is 17.1 Å². The first-order valence-electron chi connectivity index (χ1n) is 6.36. The van der Waals surface area contributed by atoms with E-state index in [9.17, 15) is 0 Å². The fraction of sp³-hybridized carbons (Fsp3) is 0.125. The van der Waals surface area contributed by atoms with Gasteiger partial charge in [-0.1, -0.05) is 24.3 Å². The van der Waals surface area contributed by atoms with Crippen LogP contribution in [0.1, 0.15) is 5.56 Å². The van der Waals surface area contributed by atoms with Crippen LogP contribution in [0.5, 0.6) is 5.75 Å². The summed E-state index contributed by atoms with van der Waals surface area (Å²) in [6.45, 7) is 2.03. The highest BCUT2D eigenvalue weighted by Gasteiger charge is 2.09. The number of nitrogens with zero attached hydrogens (tertiary/aromatic N) is 2. The second-order valence-electron chi connectivity index (χ2n) is 4.63. The van der Waals surface area contributed by atoms with Crippen molar-refractivity contribution in [2.75, 3.05) is 12.8 Å². The van der Waals surface area contributed by atoms with Gasteiger partial charge in [-0.3, -0.25) is 0 Å². The molecule has 20 heavy (non-hydrogen) atoms. The number of ether oxygens (including phenoxy) is 1. The van der Waals surface area contributed by atoms with Gasteiger partial charge in [0.05, 0.1) is 12.6 Å². The zero-order chi connectivity index (χ0) is 14.1. The van der Waals surface area contributed by atoms with Crippen LogP contribution in [0, 0.1) is 6.92 Å². The van der Waals surface area contributed by atoms with Crippen molar-refractivity contribution >= 4 is 16.7 Å². The highest BCUT2D eigenvalue weighted by molar-refractivity contribution is 5.90. The van der Waals surface area contributed by atoms with Crippen LogP contribution >= 0.6 is 0 Å². The number of aryl methyl sites for hydroxylation is 1. The number of benzene rings is 2. The molecule has 0 fully saturated rings. The van der Waals surface area contributed by atoms with Crippen LogP contribution in [0.4, 0.5) is 5.82 Å². The monoisotopic (exact) mass is 265 g/mol. The van der Waals surface area contributed by atoms with E-state index in [1.165, 1.54) is 0 Å². The van der Waals surface area contributed by atoms with Gasteiger partial charge in [0, 0.05) is 10.9 Å². The molecule has 0 unspecified atom stereocenters. The Bertz CT molecular complexity index is 784. The Labute approximate surface area is 117 Å². The van der Waals surface area contributed by atoms with Gasteiger partial charge >= 0.3 is 0 Å². The van der Waals surface area contributed by atoms with E-state index in [4.69, 9.17) is 10.5 Å². The van der Waals surface area contributed by atoms with Crippen molar-refractivity contribution in [1.82, 2.24) is 9.97 Å². The molecule has 3 aromatic rings. The Balaban J connectivity index is 2.23. The van der Waals surface area contributed by atoms with Gasteiger partial charge in [-0.2, -0.15) is 0 Å². The van der Waals surface area contributed by atoms with Crippen molar-refractivity contribution < 1.29 is 4.74 Å². The lowest BCUT2D eigenvalue weighted by molar-refractivity contribution is 0.415. The highest BCUT2D eigenvalue weighted by atomic mass is 16.5. The number of rotatable bonds is 2. The number of hydrogen-bond acceptors (Lipinski definition) is 4. The van der Waals surface area contributed by atoms with Crippen molar-refractivity contribution in [1.29, 1.82) is 0 Å². The Morgan fingerprint density at radius 2 is 1.85 bits per heavy atom. The molecule has 4 heteroatoms. The molecule has 0 radical (unpaired) electrons. The highest BCUT2D eigenvalue weighted by Crippen LogP contribution is 2.27. The van der Waals surface area contributed by atoms with Crippen LogP contribution in [0.15, 0.2) is 42.5 Å². The van der Waals surface area contributed by atoms with Gasteiger partial charge in [0.25, 0.3) is 0 Å². The minimum atomic E-state index is 0.465. The van der Waals surface area contributed by atoms with E-state index in [1.807, 2.05) is 49.4 Å². The first-order chi connectivity index (χ1) is 9.69. The van der Waals surface area contributed by atoms with Gasteiger partial charge in [0.1, 0.15) is 11.6 Å². The number of fused-ring (bicyclic) bond motifs is 1. The van der Waals surface area contributed by atoms with Gasteiger partial charge in [-0.15, -0.1) is 0 Å². The number of nitrogens with two attached hydrogens (primary N) is 1. The largest absolute Gasteiger partial charge is 0.497 e. The lowest BCUT2D eigenvalue weighted by Crippen LogP contribution is -1.99. The van der Waals surface area contributed by atoms with E-state index in [1.54, 1.807) is 7.11 Å². The van der Waals surface area contributed by atoms with E-state index in [-0.39, 0.29) is 0 Å². The topological polar surface area (TPSA) is 61.0 Å². The maximum Gasteiger partial charge on any atom is 0.162 e. The average Bonchev–Trinajstić information content (AvgIpc) is 2.47. The molecule has 1 aromatic heterocycles. The van der Waals surface area contributed by atoms with Gasteiger partial charge < -0.3 is 10.5 Å². The predicted octanol–water partition coefficient (Wildman–Crippen LogP) is 3.20. The molecule has 0 aliphatic heterocycles. The minimum absolute atomic E-state index is 0.465. The fourth-order valence-electron chi connectivity index (χ4n) is 2.20. The quantitative estimate of drug-likeness (QED) is 0.773. The second-order valence-corrected chi connectivity index (χ2v) is 4.63. The summed E-state index contributed by atoms with van der Waals surface area (Å²) in [4.78, 5) is 9.01. The van der Waals surface area contributed by atoms with Crippen molar-refractivity contribution in [3.05, 3.63) is 48.0 Å². The lowest BCUT2D eigenvalue weighted by Gasteiger charge is -2.08. The molecule has 2 aromatic carbocycles. The summed E-state index contributed by atoms with van der Waals surface area (Å²) in [6.07, 6.45) is 0. The van der Waals surface area contributed by atoms with E-state index in [0.717, 1.165) is 27.8 Å². The lowest BCUT2D eigenvalue weighted by atomic mass is 10.1. The summed E-state index contributed by atoms with van der Waals surface area (Å²) >= 11 is 0. The Kier molecular flexibility index (Phi) is 2.99. The average molecular weight is 265 g/mol. The normalized spacial score (nSPS) is 10.7. The van der Waals surface area contributed by atoms with E-state index in [2.05, 4.69) is 9.97 Å². The third-order valence-electron chi connectivity index (χ3n) is 3.32. The van der Waals surface area contributed by atoms with Crippen LogP contribution in [0.3, 0.4) is 0 Å². The van der Waals surface area contributed by atoms with Gasteiger partial charge in [-0.25, -0.2) is 9.97 Å². The van der Waals surface area contributed by atoms with E-state index < -0.39 is 0 Å². The summed E-state index contributed by atoms with van der Waals surface area (Å²) in [5.41, 5.74) is 9.00. The first-order valence-corrected chi connectivity index (χ1v) is 6.36. The minimum Gasteiger partial charge on any atom is -0.497 e. The van der Waals surface area contributed by atoms with Crippen LogP contribution in [0.2, 0.25) is 0 Å². The number of hydrogen-bond donors (Lipinski definition) is 1. The van der Waals surface area contributed by atoms with Crippen LogP contribution < -0.4 is 10.5 Å². The van der Waals surface area contributed by atoms with Gasteiger partial charge in [0.15, 0.2) is 5.82 Å². The fourth-order valence-corrected chi connectivity index (χ4v) is 2.20. The van der Waals surface area contributed by atoms with E-state index in [0.29, 0.717) is 11.6 Å². The standard InChI is InChI=1S/C16H15N3O/c1-10-5-3-4-6-12(10)16-18-14-8-7-11(20-2)9-13(14)15(17)19-16/h3-9H,1-2H3,(H2,17,18,19). The summed E-state index contributed by atoms with van der Waals surface area (Å²) in [6, 6.07) is 13.6. The molecular formula is C16H15N3O. The molecule has 4 nitrogen and oxygen atoms in total. The first kappa shape index (κ1) is 12.4. The molecule has 1 heterocycles. The molecule has 0 saturated carbocycles. The number of nitrogen functional groups attached to an aromatic ring is 1. The molecular weight excluding hydrogens is 250 g/mol. The smallest absolute Gasteiger partial charge is 0.162 e. The summed E-state index contributed by atoms with van der Waals surface area (Å²) in [7, 11) is 1.62. The third kappa shape index (κ3) is 2.05. The number of anilines is 1. The van der Waals surface area contributed by atoms with Gasteiger partial charge in [-0.05, 0) is 30.7 Å². The number of methoxy groups -OCH3 is 1. The molecule has 3 rings (SSSR count). The summed E-state index contributed by atoms with van der Waals surface area (Å²) in [5, 5.41) is 0.807. The van der Waals surface area contributed by atoms with Crippen molar-refractivity contribution in [2.24, 2.45) is 0 Å². The number of aromatic nitrogens is 2. The maximum atomic E-state index is 6.06. The molecule has 0 saturated heterocycles. The molecule has 0 atom stereocenters. The van der Waals surface area contributed by atoms with Crippen molar-refractivity contribution in [3.8, 4) is 17.1 Å². The summed E-state index contributed by atoms with van der Waals surface area (Å²) in [5.74, 6) is 1.86. The van der Waals surface area contributed by atoms with Crippen molar-refractivity contribution in [2.45, 2.75) is 6.92 Å².